The van der Waals surface area contributed by atoms with Crippen LogP contribution in [0.2, 0.25) is 0 Å². The lowest BCUT2D eigenvalue weighted by Gasteiger charge is -2.32. The van der Waals surface area contributed by atoms with Crippen molar-refractivity contribution in [2.24, 2.45) is 7.05 Å². The summed E-state index contributed by atoms with van der Waals surface area (Å²) in [5.41, 5.74) is 1.67. The van der Waals surface area contributed by atoms with Gasteiger partial charge < -0.3 is 4.90 Å². The maximum atomic E-state index is 12.7. The number of likely N-dealkylation sites (tertiary alicyclic amines) is 1. The van der Waals surface area contributed by atoms with Gasteiger partial charge in [0.15, 0.2) is 0 Å². The second-order valence-corrected chi connectivity index (χ2v) is 6.76. The molecule has 3 aromatic rings. The molecule has 1 fully saturated rings. The molecular formula is C19H22N6O. The van der Waals surface area contributed by atoms with Crippen LogP contribution in [0.5, 0.6) is 0 Å². The maximum Gasteiger partial charge on any atom is 0.257 e. The van der Waals surface area contributed by atoms with Gasteiger partial charge in [0.25, 0.3) is 5.91 Å². The summed E-state index contributed by atoms with van der Waals surface area (Å²) < 4.78 is 3.64. The zero-order chi connectivity index (χ0) is 18.1. The first-order valence-electron chi connectivity index (χ1n) is 8.87. The molecule has 3 aromatic heterocycles. The standard InChI is InChI=1S/C19H22N6O/c1-14-20-8-10-25(14)18-7-3-6-17(22-18)15-5-4-9-24(13-15)19(26)16-11-21-23(2)12-16/h3,6-8,10-12,15H,4-5,9,13H2,1-2H3/t15-/m1/s1. The number of carbonyl (C=O) groups excluding carboxylic acids is 1. The van der Waals surface area contributed by atoms with Gasteiger partial charge in [0, 0.05) is 50.3 Å². The van der Waals surface area contributed by atoms with Crippen molar-refractivity contribution in [2.75, 3.05) is 13.1 Å². The molecule has 1 saturated heterocycles. The molecule has 0 saturated carbocycles. The number of piperidine rings is 1. The molecule has 1 aliphatic rings. The Labute approximate surface area is 152 Å². The molecule has 0 N–H and O–H groups in total. The van der Waals surface area contributed by atoms with Crippen LogP contribution in [0.1, 0.15) is 40.6 Å². The fourth-order valence-corrected chi connectivity index (χ4v) is 3.54. The van der Waals surface area contributed by atoms with Gasteiger partial charge in [0.05, 0.1) is 11.8 Å². The van der Waals surface area contributed by atoms with E-state index in [-0.39, 0.29) is 11.8 Å². The lowest BCUT2D eigenvalue weighted by Crippen LogP contribution is -2.39. The Kier molecular flexibility index (Phi) is 4.28. The van der Waals surface area contributed by atoms with E-state index in [4.69, 9.17) is 4.98 Å². The van der Waals surface area contributed by atoms with E-state index in [9.17, 15) is 4.79 Å². The number of amides is 1. The van der Waals surface area contributed by atoms with Crippen molar-refractivity contribution in [3.63, 3.8) is 0 Å². The fraction of sp³-hybridized carbons (Fsp3) is 0.368. The predicted molar refractivity (Wildman–Crippen MR) is 97.2 cm³/mol. The van der Waals surface area contributed by atoms with Crippen LogP contribution in [0.3, 0.4) is 0 Å². The smallest absolute Gasteiger partial charge is 0.257 e. The second-order valence-electron chi connectivity index (χ2n) is 6.76. The van der Waals surface area contributed by atoms with E-state index in [2.05, 4.69) is 16.1 Å². The van der Waals surface area contributed by atoms with Crippen LogP contribution in [-0.2, 0) is 7.05 Å². The maximum absolute atomic E-state index is 12.7. The number of aromatic nitrogens is 5. The molecule has 7 nitrogen and oxygen atoms in total. The van der Waals surface area contributed by atoms with Crippen molar-refractivity contribution in [2.45, 2.75) is 25.7 Å². The third-order valence-corrected chi connectivity index (χ3v) is 4.91. The summed E-state index contributed by atoms with van der Waals surface area (Å²) in [4.78, 5) is 23.8. The van der Waals surface area contributed by atoms with Gasteiger partial charge in [0.1, 0.15) is 11.6 Å². The average molecular weight is 350 g/mol. The van der Waals surface area contributed by atoms with Crippen molar-refractivity contribution < 1.29 is 4.79 Å². The highest BCUT2D eigenvalue weighted by Crippen LogP contribution is 2.27. The summed E-state index contributed by atoms with van der Waals surface area (Å²) in [5, 5.41) is 4.11. The number of hydrogen-bond donors (Lipinski definition) is 0. The van der Waals surface area contributed by atoms with Gasteiger partial charge in [0.2, 0.25) is 0 Å². The van der Waals surface area contributed by atoms with E-state index in [1.807, 2.05) is 41.8 Å². The number of carbonyl (C=O) groups is 1. The molecule has 0 aromatic carbocycles. The molecule has 0 spiro atoms. The molecule has 4 heterocycles. The van der Waals surface area contributed by atoms with E-state index >= 15 is 0 Å². The lowest BCUT2D eigenvalue weighted by molar-refractivity contribution is 0.0706. The monoisotopic (exact) mass is 350 g/mol. The molecular weight excluding hydrogens is 328 g/mol. The second kappa shape index (κ2) is 6.74. The van der Waals surface area contributed by atoms with Gasteiger partial charge in [-0.25, -0.2) is 9.97 Å². The van der Waals surface area contributed by atoms with Crippen LogP contribution < -0.4 is 0 Å². The van der Waals surface area contributed by atoms with Crippen LogP contribution in [0.25, 0.3) is 5.82 Å². The van der Waals surface area contributed by atoms with Crippen molar-refractivity contribution >= 4 is 5.91 Å². The summed E-state index contributed by atoms with van der Waals surface area (Å²) in [6, 6.07) is 6.07. The van der Waals surface area contributed by atoms with Gasteiger partial charge in [-0.2, -0.15) is 5.10 Å². The summed E-state index contributed by atoms with van der Waals surface area (Å²) in [7, 11) is 1.82. The van der Waals surface area contributed by atoms with E-state index in [1.54, 1.807) is 23.3 Å². The summed E-state index contributed by atoms with van der Waals surface area (Å²) in [6.07, 6.45) is 9.11. The molecule has 0 bridgehead atoms. The van der Waals surface area contributed by atoms with Crippen LogP contribution in [0.15, 0.2) is 43.0 Å². The molecule has 0 radical (unpaired) electrons. The molecule has 0 aliphatic carbocycles. The Bertz CT molecular complexity index is 928. The number of rotatable bonds is 3. The van der Waals surface area contributed by atoms with Crippen molar-refractivity contribution in [1.29, 1.82) is 0 Å². The third kappa shape index (κ3) is 3.12. The molecule has 7 heteroatoms. The average Bonchev–Trinajstić information content (AvgIpc) is 3.29. The Morgan fingerprint density at radius 1 is 1.31 bits per heavy atom. The Morgan fingerprint density at radius 2 is 2.19 bits per heavy atom. The minimum Gasteiger partial charge on any atom is -0.338 e. The number of imidazole rings is 1. The predicted octanol–water partition coefficient (Wildman–Crippen LogP) is 2.33. The first kappa shape index (κ1) is 16.5. The van der Waals surface area contributed by atoms with Gasteiger partial charge in [-0.05, 0) is 31.9 Å². The van der Waals surface area contributed by atoms with Gasteiger partial charge >= 0.3 is 0 Å². The van der Waals surface area contributed by atoms with Gasteiger partial charge in [-0.15, -0.1) is 0 Å². The van der Waals surface area contributed by atoms with Crippen LogP contribution in [0.4, 0.5) is 0 Å². The van der Waals surface area contributed by atoms with Crippen LogP contribution in [0, 0.1) is 6.92 Å². The quantitative estimate of drug-likeness (QED) is 0.727. The van der Waals surface area contributed by atoms with E-state index in [0.717, 1.165) is 36.7 Å². The highest BCUT2D eigenvalue weighted by Gasteiger charge is 2.27. The highest BCUT2D eigenvalue weighted by molar-refractivity contribution is 5.93. The molecule has 1 amide bonds. The molecule has 1 atom stereocenters. The summed E-state index contributed by atoms with van der Waals surface area (Å²) in [5.74, 6) is 2.07. The molecule has 26 heavy (non-hydrogen) atoms. The minimum atomic E-state index is 0.0457. The summed E-state index contributed by atoms with van der Waals surface area (Å²) in [6.45, 7) is 3.43. The first-order chi connectivity index (χ1) is 12.6. The topological polar surface area (TPSA) is 68.8 Å². The zero-order valence-electron chi connectivity index (χ0n) is 15.0. The van der Waals surface area contributed by atoms with Crippen molar-refractivity contribution in [3.8, 4) is 5.82 Å². The number of aryl methyl sites for hydroxylation is 2. The Hall–Kier alpha value is -2.96. The zero-order valence-corrected chi connectivity index (χ0v) is 15.0. The third-order valence-electron chi connectivity index (χ3n) is 4.91. The van der Waals surface area contributed by atoms with E-state index in [0.29, 0.717) is 12.1 Å². The number of nitrogens with zero attached hydrogens (tertiary/aromatic N) is 6. The minimum absolute atomic E-state index is 0.0457. The summed E-state index contributed by atoms with van der Waals surface area (Å²) >= 11 is 0. The molecule has 4 rings (SSSR count). The van der Waals surface area contributed by atoms with Crippen LogP contribution >= 0.6 is 0 Å². The largest absolute Gasteiger partial charge is 0.338 e. The molecule has 0 unspecified atom stereocenters. The first-order valence-corrected chi connectivity index (χ1v) is 8.87. The Balaban J connectivity index is 1.55. The fourth-order valence-electron chi connectivity index (χ4n) is 3.54. The number of pyridine rings is 1. The molecule has 1 aliphatic heterocycles. The van der Waals surface area contributed by atoms with Crippen LogP contribution in [-0.4, -0.2) is 48.2 Å². The van der Waals surface area contributed by atoms with Crippen molar-refractivity contribution in [1.82, 2.24) is 29.2 Å². The number of hydrogen-bond acceptors (Lipinski definition) is 4. The van der Waals surface area contributed by atoms with E-state index in [1.165, 1.54) is 0 Å². The van der Waals surface area contributed by atoms with E-state index < -0.39 is 0 Å². The lowest BCUT2D eigenvalue weighted by atomic mass is 9.94. The van der Waals surface area contributed by atoms with Gasteiger partial charge in [-0.1, -0.05) is 6.07 Å². The van der Waals surface area contributed by atoms with Gasteiger partial charge in [-0.3, -0.25) is 14.0 Å². The molecule has 134 valence electrons. The Morgan fingerprint density at radius 3 is 2.92 bits per heavy atom. The highest BCUT2D eigenvalue weighted by atomic mass is 16.2. The van der Waals surface area contributed by atoms with Crippen molar-refractivity contribution in [3.05, 3.63) is 60.1 Å². The normalized spacial score (nSPS) is 17.5. The SMILES string of the molecule is Cc1nccn1-c1cccc([C@@H]2CCCN(C(=O)c3cnn(C)c3)C2)n1.